The second kappa shape index (κ2) is 3.97. The van der Waals surface area contributed by atoms with Crippen LogP contribution < -0.4 is 0 Å². The summed E-state index contributed by atoms with van der Waals surface area (Å²) in [7, 11) is 0. The summed E-state index contributed by atoms with van der Waals surface area (Å²) in [6.45, 7) is 0.368. The first-order valence-corrected chi connectivity index (χ1v) is 3.40. The van der Waals surface area contributed by atoms with E-state index in [0.717, 1.165) is 5.56 Å². The van der Waals surface area contributed by atoms with E-state index in [2.05, 4.69) is 4.29 Å². The fourth-order valence-corrected chi connectivity index (χ4v) is 0.864. The van der Waals surface area contributed by atoms with Gasteiger partial charge in [0.2, 0.25) is 0 Å². The van der Waals surface area contributed by atoms with Gasteiger partial charge in [0.15, 0.2) is 0 Å². The van der Waals surface area contributed by atoms with Crippen LogP contribution in [0.25, 0.3) is 0 Å². The fourth-order valence-electron chi connectivity index (χ4n) is 0.739. The first kappa shape index (κ1) is 8.06. The number of halogens is 1. The maximum absolute atomic E-state index is 8.45. The third-order valence-electron chi connectivity index (χ3n) is 1.30. The van der Waals surface area contributed by atoms with Crippen LogP contribution in [0, 0.1) is 11.3 Å². The van der Waals surface area contributed by atoms with E-state index < -0.39 is 0 Å². The van der Waals surface area contributed by atoms with Crippen LogP contribution in [0.1, 0.15) is 11.1 Å². The molecule has 0 spiro atoms. The van der Waals surface area contributed by atoms with Gasteiger partial charge < -0.3 is 0 Å². The van der Waals surface area contributed by atoms with E-state index >= 15 is 0 Å². The van der Waals surface area contributed by atoms with Gasteiger partial charge in [0.05, 0.1) is 30.1 Å². The standard InChI is InChI=1S/C8H6ClNO/c9-11-6-8-3-1-7(5-10)2-4-8/h1-4H,6H2. The van der Waals surface area contributed by atoms with Crippen LogP contribution in [0.5, 0.6) is 0 Å². The van der Waals surface area contributed by atoms with Crippen molar-refractivity contribution in [2.45, 2.75) is 6.61 Å². The van der Waals surface area contributed by atoms with Crippen molar-refractivity contribution in [3.63, 3.8) is 0 Å². The molecule has 0 unspecified atom stereocenters. The quantitative estimate of drug-likeness (QED) is 0.677. The molecule has 11 heavy (non-hydrogen) atoms. The van der Waals surface area contributed by atoms with Gasteiger partial charge in [0.1, 0.15) is 0 Å². The van der Waals surface area contributed by atoms with E-state index in [9.17, 15) is 0 Å². The Labute approximate surface area is 70.1 Å². The first-order valence-electron chi connectivity index (χ1n) is 3.09. The minimum absolute atomic E-state index is 0.368. The fraction of sp³-hybridized carbons (Fsp3) is 0.125. The molecule has 1 rings (SSSR count). The van der Waals surface area contributed by atoms with Crippen molar-refractivity contribution < 1.29 is 4.29 Å². The zero-order chi connectivity index (χ0) is 8.10. The smallest absolute Gasteiger partial charge is 0.0991 e. The van der Waals surface area contributed by atoms with E-state index in [4.69, 9.17) is 17.1 Å². The highest BCUT2D eigenvalue weighted by Gasteiger charge is 1.91. The average Bonchev–Trinajstić information content (AvgIpc) is 2.07. The molecule has 2 nitrogen and oxygen atoms in total. The molecule has 0 saturated carbocycles. The van der Waals surface area contributed by atoms with Crippen LogP contribution in [0.3, 0.4) is 0 Å². The lowest BCUT2D eigenvalue weighted by atomic mass is 10.2. The molecule has 0 saturated heterocycles. The van der Waals surface area contributed by atoms with Gasteiger partial charge in [-0.1, -0.05) is 12.1 Å². The van der Waals surface area contributed by atoms with Gasteiger partial charge in [0.25, 0.3) is 0 Å². The van der Waals surface area contributed by atoms with E-state index in [1.165, 1.54) is 0 Å². The molecule has 0 fully saturated rings. The Kier molecular flexibility index (Phi) is 2.91. The summed E-state index contributed by atoms with van der Waals surface area (Å²) in [5.74, 6) is 0. The molecule has 0 amide bonds. The Bertz CT molecular complexity index is 262. The van der Waals surface area contributed by atoms with Crippen molar-refractivity contribution >= 4 is 11.9 Å². The average molecular weight is 168 g/mol. The minimum atomic E-state index is 0.368. The molecular formula is C8H6ClNO. The third-order valence-corrected chi connectivity index (χ3v) is 1.41. The molecule has 0 atom stereocenters. The molecule has 0 N–H and O–H groups in total. The first-order chi connectivity index (χ1) is 5.36. The Morgan fingerprint density at radius 3 is 2.45 bits per heavy atom. The van der Waals surface area contributed by atoms with Gasteiger partial charge in [-0.05, 0) is 17.7 Å². The molecule has 56 valence electrons. The molecule has 0 radical (unpaired) electrons. The number of nitrogens with zero attached hydrogens (tertiary/aromatic N) is 1. The number of hydrogen-bond acceptors (Lipinski definition) is 2. The topological polar surface area (TPSA) is 33.0 Å². The van der Waals surface area contributed by atoms with Crippen LogP contribution in [-0.4, -0.2) is 0 Å². The highest BCUT2D eigenvalue weighted by atomic mass is 35.5. The van der Waals surface area contributed by atoms with Crippen LogP contribution >= 0.6 is 11.9 Å². The zero-order valence-corrected chi connectivity index (χ0v) is 6.51. The van der Waals surface area contributed by atoms with Crippen LogP contribution in [0.2, 0.25) is 0 Å². The van der Waals surface area contributed by atoms with Gasteiger partial charge in [-0.15, -0.1) is 0 Å². The third kappa shape index (κ3) is 2.23. The van der Waals surface area contributed by atoms with Crippen molar-refractivity contribution in [1.82, 2.24) is 0 Å². The normalized spacial score (nSPS) is 9.09. The van der Waals surface area contributed by atoms with E-state index in [1.807, 2.05) is 6.07 Å². The summed E-state index contributed by atoms with van der Waals surface area (Å²) in [5, 5.41) is 8.45. The van der Waals surface area contributed by atoms with Crippen molar-refractivity contribution in [1.29, 1.82) is 5.26 Å². The molecule has 0 aliphatic carbocycles. The van der Waals surface area contributed by atoms with E-state index in [-0.39, 0.29) is 0 Å². The van der Waals surface area contributed by atoms with Crippen molar-refractivity contribution in [3.8, 4) is 6.07 Å². The number of benzene rings is 1. The van der Waals surface area contributed by atoms with Crippen LogP contribution in [0.15, 0.2) is 24.3 Å². The molecule has 0 bridgehead atoms. The summed E-state index contributed by atoms with van der Waals surface area (Å²) in [5.41, 5.74) is 1.60. The molecular weight excluding hydrogens is 162 g/mol. The predicted molar refractivity (Wildman–Crippen MR) is 41.8 cm³/mol. The summed E-state index contributed by atoms with van der Waals surface area (Å²) in [6.07, 6.45) is 0. The number of rotatable bonds is 2. The van der Waals surface area contributed by atoms with Gasteiger partial charge >= 0.3 is 0 Å². The highest BCUT2D eigenvalue weighted by molar-refractivity contribution is 6.07. The molecule has 0 aromatic heterocycles. The number of nitriles is 1. The van der Waals surface area contributed by atoms with Gasteiger partial charge in [-0.3, -0.25) is 4.29 Å². The van der Waals surface area contributed by atoms with Crippen LogP contribution in [0.4, 0.5) is 0 Å². The minimum Gasteiger partial charge on any atom is -0.274 e. The molecule has 1 aromatic carbocycles. The van der Waals surface area contributed by atoms with Crippen LogP contribution in [-0.2, 0) is 10.9 Å². The Hall–Kier alpha value is -1.04. The summed E-state index contributed by atoms with van der Waals surface area (Å²) >= 11 is 5.04. The molecule has 0 aliphatic rings. The Balaban J connectivity index is 2.76. The summed E-state index contributed by atoms with van der Waals surface area (Å²) in [4.78, 5) is 0. The largest absolute Gasteiger partial charge is 0.274 e. The summed E-state index contributed by atoms with van der Waals surface area (Å²) in [6, 6.07) is 9.09. The Morgan fingerprint density at radius 1 is 1.36 bits per heavy atom. The van der Waals surface area contributed by atoms with E-state index in [0.29, 0.717) is 12.2 Å². The highest BCUT2D eigenvalue weighted by Crippen LogP contribution is 2.04. The van der Waals surface area contributed by atoms with Gasteiger partial charge in [0, 0.05) is 0 Å². The maximum Gasteiger partial charge on any atom is 0.0991 e. The monoisotopic (exact) mass is 167 g/mol. The zero-order valence-electron chi connectivity index (χ0n) is 5.75. The van der Waals surface area contributed by atoms with Gasteiger partial charge in [-0.25, -0.2) is 0 Å². The molecule has 0 aliphatic heterocycles. The lowest BCUT2D eigenvalue weighted by molar-refractivity contribution is 0.341. The van der Waals surface area contributed by atoms with Gasteiger partial charge in [-0.2, -0.15) is 5.26 Å². The Morgan fingerprint density at radius 2 is 2.00 bits per heavy atom. The lowest BCUT2D eigenvalue weighted by Gasteiger charge is -1.95. The van der Waals surface area contributed by atoms with Crippen molar-refractivity contribution in [3.05, 3.63) is 35.4 Å². The summed E-state index contributed by atoms with van der Waals surface area (Å²) < 4.78 is 4.39. The van der Waals surface area contributed by atoms with Crippen molar-refractivity contribution in [2.75, 3.05) is 0 Å². The predicted octanol–water partition coefficient (Wildman–Crippen LogP) is 2.23. The molecule has 0 heterocycles. The second-order valence-electron chi connectivity index (χ2n) is 2.06. The molecule has 3 heteroatoms. The lowest BCUT2D eigenvalue weighted by Crippen LogP contribution is -1.83. The van der Waals surface area contributed by atoms with Crippen molar-refractivity contribution in [2.24, 2.45) is 0 Å². The second-order valence-corrected chi connectivity index (χ2v) is 2.28. The maximum atomic E-state index is 8.45. The number of hydrogen-bond donors (Lipinski definition) is 0. The SMILES string of the molecule is N#Cc1ccc(COCl)cc1. The van der Waals surface area contributed by atoms with E-state index in [1.54, 1.807) is 24.3 Å². The molecule has 1 aromatic rings.